The molecule has 0 saturated heterocycles. The van der Waals surface area contributed by atoms with Gasteiger partial charge in [0.15, 0.2) is 0 Å². The van der Waals surface area contributed by atoms with Gasteiger partial charge in [0.1, 0.15) is 5.76 Å². The van der Waals surface area contributed by atoms with Gasteiger partial charge in [-0.3, -0.25) is 0 Å². The van der Waals surface area contributed by atoms with E-state index in [1.54, 1.807) is 6.26 Å². The molecule has 0 saturated carbocycles. The van der Waals surface area contributed by atoms with E-state index in [1.807, 2.05) is 13.0 Å². The number of aryl methyl sites for hydroxylation is 1. The summed E-state index contributed by atoms with van der Waals surface area (Å²) in [6.07, 6.45) is 5.20. The highest BCUT2D eigenvalue weighted by Crippen LogP contribution is 2.25. The Morgan fingerprint density at radius 3 is 2.43 bits per heavy atom. The molecule has 1 aromatic heterocycles. The van der Waals surface area contributed by atoms with Gasteiger partial charge in [0, 0.05) is 11.6 Å². The highest BCUT2D eigenvalue weighted by atomic mass is 16.3. The van der Waals surface area contributed by atoms with Crippen molar-refractivity contribution in [1.82, 2.24) is 0 Å². The number of nitrogens with two attached hydrogens (primary N) is 1. The Kier molecular flexibility index (Phi) is 4.21. The predicted molar refractivity (Wildman–Crippen MR) is 59.1 cm³/mol. The van der Waals surface area contributed by atoms with Crippen molar-refractivity contribution in [3.8, 4) is 0 Å². The molecule has 2 heteroatoms. The second-order valence-corrected chi connectivity index (χ2v) is 3.96. The highest BCUT2D eigenvalue weighted by Gasteiger charge is 2.15. The van der Waals surface area contributed by atoms with Crippen LogP contribution in [0.4, 0.5) is 0 Å². The fourth-order valence-electron chi connectivity index (χ4n) is 1.89. The molecule has 0 radical (unpaired) electrons. The zero-order chi connectivity index (χ0) is 10.6. The van der Waals surface area contributed by atoms with E-state index in [0.29, 0.717) is 0 Å². The third-order valence-corrected chi connectivity index (χ3v) is 3.04. The van der Waals surface area contributed by atoms with Crippen LogP contribution in [0.15, 0.2) is 16.7 Å². The molecular weight excluding hydrogens is 174 g/mol. The first-order chi connectivity index (χ1) is 6.69. The second-order valence-electron chi connectivity index (χ2n) is 3.96. The van der Waals surface area contributed by atoms with Crippen LogP contribution in [0, 0.1) is 12.8 Å². The minimum Gasteiger partial charge on any atom is -0.469 e. The number of hydrogen-bond acceptors (Lipinski definition) is 2. The molecular formula is C12H21NO. The van der Waals surface area contributed by atoms with Crippen molar-refractivity contribution in [3.05, 3.63) is 23.7 Å². The summed E-state index contributed by atoms with van der Waals surface area (Å²) in [5.41, 5.74) is 7.30. The summed E-state index contributed by atoms with van der Waals surface area (Å²) in [5, 5.41) is 0. The molecule has 0 fully saturated rings. The average molecular weight is 195 g/mol. The number of rotatable bonds is 5. The van der Waals surface area contributed by atoms with E-state index in [9.17, 15) is 0 Å². The molecule has 0 aliphatic carbocycles. The molecule has 0 bridgehead atoms. The van der Waals surface area contributed by atoms with E-state index in [4.69, 9.17) is 10.2 Å². The summed E-state index contributed by atoms with van der Waals surface area (Å²) in [5.74, 6) is 1.70. The monoisotopic (exact) mass is 195 g/mol. The van der Waals surface area contributed by atoms with Crippen LogP contribution >= 0.6 is 0 Å². The lowest BCUT2D eigenvalue weighted by Gasteiger charge is -2.17. The first kappa shape index (κ1) is 11.3. The maximum absolute atomic E-state index is 6.13. The number of hydrogen-bond donors (Lipinski definition) is 1. The fourth-order valence-corrected chi connectivity index (χ4v) is 1.89. The van der Waals surface area contributed by atoms with Gasteiger partial charge < -0.3 is 10.2 Å². The lowest BCUT2D eigenvalue weighted by atomic mass is 9.92. The molecule has 0 aromatic carbocycles. The van der Waals surface area contributed by atoms with Crippen molar-refractivity contribution in [2.75, 3.05) is 0 Å². The summed E-state index contributed by atoms with van der Waals surface area (Å²) in [6.45, 7) is 6.42. The maximum atomic E-state index is 6.13. The second kappa shape index (κ2) is 5.20. The molecule has 1 heterocycles. The largest absolute Gasteiger partial charge is 0.469 e. The molecule has 1 rings (SSSR count). The molecule has 2 nitrogen and oxygen atoms in total. The fraction of sp³-hybridized carbons (Fsp3) is 0.667. The van der Waals surface area contributed by atoms with Gasteiger partial charge in [0.25, 0.3) is 0 Å². The molecule has 0 aliphatic heterocycles. The van der Waals surface area contributed by atoms with Gasteiger partial charge in [0.2, 0.25) is 0 Å². The lowest BCUT2D eigenvalue weighted by Crippen LogP contribution is -2.15. The van der Waals surface area contributed by atoms with E-state index in [-0.39, 0.29) is 6.04 Å². The third kappa shape index (κ3) is 2.61. The molecule has 0 amide bonds. The maximum Gasteiger partial charge on any atom is 0.105 e. The van der Waals surface area contributed by atoms with Crippen molar-refractivity contribution >= 4 is 0 Å². The zero-order valence-corrected chi connectivity index (χ0v) is 9.42. The van der Waals surface area contributed by atoms with Gasteiger partial charge in [-0.25, -0.2) is 0 Å². The van der Waals surface area contributed by atoms with E-state index >= 15 is 0 Å². The van der Waals surface area contributed by atoms with E-state index in [0.717, 1.165) is 23.7 Å². The van der Waals surface area contributed by atoms with Crippen molar-refractivity contribution in [2.45, 2.75) is 46.1 Å². The summed E-state index contributed by atoms with van der Waals surface area (Å²) in [7, 11) is 0. The van der Waals surface area contributed by atoms with E-state index < -0.39 is 0 Å². The molecule has 1 aromatic rings. The Morgan fingerprint density at radius 2 is 2.00 bits per heavy atom. The van der Waals surface area contributed by atoms with Gasteiger partial charge in [-0.1, -0.05) is 26.7 Å². The highest BCUT2D eigenvalue weighted by molar-refractivity contribution is 5.19. The van der Waals surface area contributed by atoms with Gasteiger partial charge in [0.05, 0.1) is 6.26 Å². The summed E-state index contributed by atoms with van der Waals surface area (Å²) >= 11 is 0. The Balaban J connectivity index is 2.58. The molecule has 80 valence electrons. The molecule has 14 heavy (non-hydrogen) atoms. The van der Waals surface area contributed by atoms with Crippen molar-refractivity contribution in [2.24, 2.45) is 11.7 Å². The van der Waals surface area contributed by atoms with Crippen LogP contribution in [0.2, 0.25) is 0 Å². The van der Waals surface area contributed by atoms with Crippen molar-refractivity contribution in [1.29, 1.82) is 0 Å². The Morgan fingerprint density at radius 1 is 1.36 bits per heavy atom. The van der Waals surface area contributed by atoms with Gasteiger partial charge in [-0.15, -0.1) is 0 Å². The Bertz CT molecular complexity index is 263. The van der Waals surface area contributed by atoms with Crippen LogP contribution in [-0.2, 0) is 0 Å². The molecule has 0 aliphatic rings. The van der Waals surface area contributed by atoms with Crippen LogP contribution in [0.1, 0.15) is 50.5 Å². The smallest absolute Gasteiger partial charge is 0.105 e. The summed E-state index contributed by atoms with van der Waals surface area (Å²) in [4.78, 5) is 0. The lowest BCUT2D eigenvalue weighted by molar-refractivity contribution is 0.410. The van der Waals surface area contributed by atoms with E-state index in [2.05, 4.69) is 13.8 Å². The summed E-state index contributed by atoms with van der Waals surface area (Å²) in [6, 6.07) is 2.13. The van der Waals surface area contributed by atoms with Gasteiger partial charge >= 0.3 is 0 Å². The predicted octanol–water partition coefficient (Wildman–Crippen LogP) is 3.41. The minimum atomic E-state index is 0.138. The van der Waals surface area contributed by atoms with Gasteiger partial charge in [-0.2, -0.15) is 0 Å². The summed E-state index contributed by atoms with van der Waals surface area (Å²) < 4.78 is 5.25. The quantitative estimate of drug-likeness (QED) is 0.782. The first-order valence-electron chi connectivity index (χ1n) is 5.48. The molecule has 0 spiro atoms. The topological polar surface area (TPSA) is 39.2 Å². The van der Waals surface area contributed by atoms with Crippen LogP contribution in [0.25, 0.3) is 0 Å². The zero-order valence-electron chi connectivity index (χ0n) is 9.42. The van der Waals surface area contributed by atoms with E-state index in [1.165, 1.54) is 12.8 Å². The SMILES string of the molecule is CCC(CC)CC(N)c1ccoc1C. The Hall–Kier alpha value is -0.760. The normalized spacial score (nSPS) is 13.5. The standard InChI is InChI=1S/C12H21NO/c1-4-10(5-2)8-12(13)11-6-7-14-9(11)3/h6-7,10,12H,4-5,8,13H2,1-3H3. The Labute approximate surface area is 86.5 Å². The first-order valence-corrected chi connectivity index (χ1v) is 5.48. The molecule has 1 unspecified atom stereocenters. The molecule has 2 N–H and O–H groups in total. The minimum absolute atomic E-state index is 0.138. The van der Waals surface area contributed by atoms with Crippen LogP contribution < -0.4 is 5.73 Å². The van der Waals surface area contributed by atoms with Crippen molar-refractivity contribution in [3.63, 3.8) is 0 Å². The van der Waals surface area contributed by atoms with Gasteiger partial charge in [-0.05, 0) is 25.3 Å². The average Bonchev–Trinajstić information content (AvgIpc) is 2.60. The van der Waals surface area contributed by atoms with Crippen molar-refractivity contribution < 1.29 is 4.42 Å². The van der Waals surface area contributed by atoms with Crippen LogP contribution in [-0.4, -0.2) is 0 Å². The van der Waals surface area contributed by atoms with Crippen LogP contribution in [0.3, 0.4) is 0 Å². The molecule has 1 atom stereocenters. The van der Waals surface area contributed by atoms with Crippen LogP contribution in [0.5, 0.6) is 0 Å². The third-order valence-electron chi connectivity index (χ3n) is 3.04. The number of furan rings is 1.